The lowest BCUT2D eigenvalue weighted by molar-refractivity contribution is -0.114. The minimum atomic E-state index is -3.84. The Bertz CT molecular complexity index is 1060. The zero-order valence-corrected chi connectivity index (χ0v) is 20.5. The van der Waals surface area contributed by atoms with Gasteiger partial charge in [-0.05, 0) is 74.6 Å². The summed E-state index contributed by atoms with van der Waals surface area (Å²) in [4.78, 5) is 12.9. The third-order valence-corrected chi connectivity index (χ3v) is 8.56. The van der Waals surface area contributed by atoms with Crippen LogP contribution in [-0.4, -0.2) is 38.2 Å². The molecule has 1 saturated heterocycles. The van der Waals surface area contributed by atoms with Crippen LogP contribution in [0.3, 0.4) is 0 Å². The molecule has 0 saturated carbocycles. The van der Waals surface area contributed by atoms with E-state index in [0.29, 0.717) is 17.3 Å². The van der Waals surface area contributed by atoms with Gasteiger partial charge in [-0.25, -0.2) is 8.42 Å². The summed E-state index contributed by atoms with van der Waals surface area (Å²) in [6.45, 7) is 11.5. The monoisotopic (exact) mass is 458 g/mol. The zero-order chi connectivity index (χ0) is 23.6. The molecule has 8 heteroatoms. The van der Waals surface area contributed by atoms with Gasteiger partial charge in [-0.1, -0.05) is 32.0 Å². The highest BCUT2D eigenvalue weighted by Crippen LogP contribution is 2.27. The third kappa shape index (κ3) is 5.14. The number of anilines is 2. The topological polar surface area (TPSA) is 90.5 Å². The van der Waals surface area contributed by atoms with Crippen LogP contribution in [0.5, 0.6) is 0 Å². The fourth-order valence-corrected chi connectivity index (χ4v) is 6.20. The van der Waals surface area contributed by atoms with Crippen LogP contribution in [0.25, 0.3) is 0 Å². The lowest BCUT2D eigenvalue weighted by atomic mass is 10.0. The van der Waals surface area contributed by atoms with Gasteiger partial charge in [-0.2, -0.15) is 0 Å². The largest absolute Gasteiger partial charge is 0.325 e. The maximum Gasteiger partial charge on any atom is 0.245 e. The van der Waals surface area contributed by atoms with Crippen molar-refractivity contribution in [2.45, 2.75) is 64.8 Å². The standard InChI is InChI=1S/C24H34N4O3S/c1-15(2)20-8-11-22(12-9-20)28(32(30,31)24-18(5)26-27-19(24)6)14-23(29)25-21-10-7-16(3)17(4)13-21/h7-13,15,18-19,24,26-27H,14H2,1-6H3,(H,25,29). The van der Waals surface area contributed by atoms with Crippen molar-refractivity contribution >= 4 is 27.3 Å². The van der Waals surface area contributed by atoms with Crippen LogP contribution in [0.4, 0.5) is 11.4 Å². The molecule has 2 aromatic rings. The fourth-order valence-electron chi connectivity index (χ4n) is 4.03. The van der Waals surface area contributed by atoms with Crippen LogP contribution in [0, 0.1) is 13.8 Å². The number of rotatable bonds is 7. The summed E-state index contributed by atoms with van der Waals surface area (Å²) in [7, 11) is -3.84. The molecule has 1 aliphatic rings. The summed E-state index contributed by atoms with van der Waals surface area (Å²) in [6.07, 6.45) is 0. The number of amides is 1. The molecule has 0 radical (unpaired) electrons. The number of hydrogen-bond acceptors (Lipinski definition) is 5. The van der Waals surface area contributed by atoms with E-state index in [-0.39, 0.29) is 24.5 Å². The second-order valence-electron chi connectivity index (χ2n) is 8.98. The first-order chi connectivity index (χ1) is 15.0. The van der Waals surface area contributed by atoms with Crippen molar-refractivity contribution in [1.29, 1.82) is 0 Å². The Morgan fingerprint density at radius 3 is 2.12 bits per heavy atom. The van der Waals surface area contributed by atoms with Crippen molar-refractivity contribution < 1.29 is 13.2 Å². The summed E-state index contributed by atoms with van der Waals surface area (Å²) in [6, 6.07) is 12.4. The molecule has 2 unspecified atom stereocenters. The van der Waals surface area contributed by atoms with Crippen LogP contribution in [0.1, 0.15) is 50.3 Å². The van der Waals surface area contributed by atoms with E-state index >= 15 is 0 Å². The maximum atomic E-state index is 13.7. The molecule has 1 amide bonds. The van der Waals surface area contributed by atoms with Crippen molar-refractivity contribution in [2.75, 3.05) is 16.2 Å². The summed E-state index contributed by atoms with van der Waals surface area (Å²) in [5, 5.41) is 2.14. The molecule has 1 heterocycles. The van der Waals surface area contributed by atoms with Gasteiger partial charge in [0.2, 0.25) is 15.9 Å². The van der Waals surface area contributed by atoms with Gasteiger partial charge >= 0.3 is 0 Å². The summed E-state index contributed by atoms with van der Waals surface area (Å²) in [5.74, 6) is -0.0607. The van der Waals surface area contributed by atoms with Gasteiger partial charge in [-0.3, -0.25) is 20.0 Å². The molecule has 32 heavy (non-hydrogen) atoms. The molecule has 0 bridgehead atoms. The summed E-state index contributed by atoms with van der Waals surface area (Å²) < 4.78 is 28.7. The van der Waals surface area contributed by atoms with Gasteiger partial charge in [0.1, 0.15) is 11.8 Å². The van der Waals surface area contributed by atoms with Gasteiger partial charge < -0.3 is 5.32 Å². The molecule has 3 N–H and O–H groups in total. The Morgan fingerprint density at radius 2 is 1.59 bits per heavy atom. The Kier molecular flexibility index (Phi) is 7.27. The van der Waals surface area contributed by atoms with E-state index in [1.165, 1.54) is 4.31 Å². The minimum Gasteiger partial charge on any atom is -0.325 e. The zero-order valence-electron chi connectivity index (χ0n) is 19.6. The number of nitrogens with zero attached hydrogens (tertiary/aromatic N) is 1. The minimum absolute atomic E-state index is 0.296. The van der Waals surface area contributed by atoms with Crippen molar-refractivity contribution in [1.82, 2.24) is 10.9 Å². The molecule has 0 spiro atoms. The van der Waals surface area contributed by atoms with E-state index in [1.54, 1.807) is 12.1 Å². The number of carbonyl (C=O) groups excluding carboxylic acids is 1. The normalized spacial score (nSPS) is 21.0. The Hall–Kier alpha value is -2.42. The van der Waals surface area contributed by atoms with E-state index in [4.69, 9.17) is 0 Å². The quantitative estimate of drug-likeness (QED) is 0.591. The highest BCUT2D eigenvalue weighted by molar-refractivity contribution is 7.93. The van der Waals surface area contributed by atoms with Crippen molar-refractivity contribution in [3.63, 3.8) is 0 Å². The average Bonchev–Trinajstić information content (AvgIpc) is 3.07. The molecule has 1 aliphatic heterocycles. The second-order valence-corrected chi connectivity index (χ2v) is 11.0. The lowest BCUT2D eigenvalue weighted by Crippen LogP contribution is -2.49. The SMILES string of the molecule is Cc1ccc(NC(=O)CN(c2ccc(C(C)C)cc2)S(=O)(=O)C2C(C)NNC2C)cc1C. The molecule has 1 fully saturated rings. The van der Waals surface area contributed by atoms with Gasteiger partial charge in [0.15, 0.2) is 0 Å². The van der Waals surface area contributed by atoms with Crippen LogP contribution < -0.4 is 20.5 Å². The molecule has 7 nitrogen and oxygen atoms in total. The van der Waals surface area contributed by atoms with Crippen LogP contribution >= 0.6 is 0 Å². The molecule has 0 aliphatic carbocycles. The van der Waals surface area contributed by atoms with E-state index in [9.17, 15) is 13.2 Å². The van der Waals surface area contributed by atoms with E-state index < -0.39 is 15.3 Å². The number of carbonyl (C=O) groups is 1. The molecular formula is C24H34N4O3S. The molecule has 2 atom stereocenters. The third-order valence-electron chi connectivity index (χ3n) is 6.10. The lowest BCUT2D eigenvalue weighted by Gasteiger charge is -2.30. The smallest absolute Gasteiger partial charge is 0.245 e. The van der Waals surface area contributed by atoms with Gasteiger partial charge in [0, 0.05) is 17.8 Å². The maximum absolute atomic E-state index is 13.7. The molecule has 2 aromatic carbocycles. The van der Waals surface area contributed by atoms with Crippen LogP contribution in [0.15, 0.2) is 42.5 Å². The summed E-state index contributed by atoms with van der Waals surface area (Å²) >= 11 is 0. The van der Waals surface area contributed by atoms with Crippen molar-refractivity contribution in [3.8, 4) is 0 Å². The first kappa shape index (κ1) is 24.2. The molecule has 0 aromatic heterocycles. The fraction of sp³-hybridized carbons (Fsp3) is 0.458. The highest BCUT2D eigenvalue weighted by atomic mass is 32.2. The number of aryl methyl sites for hydroxylation is 2. The average molecular weight is 459 g/mol. The molecule has 174 valence electrons. The van der Waals surface area contributed by atoms with Crippen LogP contribution in [0.2, 0.25) is 0 Å². The van der Waals surface area contributed by atoms with Gasteiger partial charge in [-0.15, -0.1) is 0 Å². The Balaban J connectivity index is 1.92. The highest BCUT2D eigenvalue weighted by Gasteiger charge is 2.44. The first-order valence-corrected chi connectivity index (χ1v) is 12.5. The van der Waals surface area contributed by atoms with E-state index in [1.807, 2.05) is 58.0 Å². The van der Waals surface area contributed by atoms with Crippen LogP contribution in [-0.2, 0) is 14.8 Å². The molecule has 3 rings (SSSR count). The first-order valence-electron chi connectivity index (χ1n) is 11.0. The summed E-state index contributed by atoms with van der Waals surface area (Å²) in [5.41, 5.74) is 10.4. The van der Waals surface area contributed by atoms with Crippen molar-refractivity contribution in [2.24, 2.45) is 0 Å². The van der Waals surface area contributed by atoms with E-state index in [0.717, 1.165) is 16.7 Å². The number of hydrazine groups is 1. The Morgan fingerprint density at radius 1 is 1.00 bits per heavy atom. The van der Waals surface area contributed by atoms with E-state index in [2.05, 4.69) is 30.0 Å². The van der Waals surface area contributed by atoms with Gasteiger partial charge in [0.05, 0.1) is 5.69 Å². The number of benzene rings is 2. The Labute approximate surface area is 191 Å². The van der Waals surface area contributed by atoms with Crippen molar-refractivity contribution in [3.05, 3.63) is 59.2 Å². The predicted octanol–water partition coefficient (Wildman–Crippen LogP) is 3.46. The van der Waals surface area contributed by atoms with Gasteiger partial charge in [0.25, 0.3) is 0 Å². The predicted molar refractivity (Wildman–Crippen MR) is 130 cm³/mol. The molecular weight excluding hydrogens is 424 g/mol. The number of sulfonamides is 1. The number of hydrogen-bond donors (Lipinski definition) is 3. The number of nitrogens with one attached hydrogen (secondary N) is 3. The second kappa shape index (κ2) is 9.60.